The molecule has 2 aromatic carbocycles. The van der Waals surface area contributed by atoms with Gasteiger partial charge in [-0.25, -0.2) is 14.2 Å². The molecule has 0 spiro atoms. The number of esters is 1. The average Bonchev–Trinajstić information content (AvgIpc) is 3.20. The minimum Gasteiger partial charge on any atom is -0.455 e. The Hall–Kier alpha value is -3.65. The standard InChI is InChI=1S/C23H18FN3O3S/c1-14-20(10-16-8-9-17(24)11-21(16)25-14)22(29)30-12-18-13-31-23(26-18)27(15(2)28)19-6-4-3-5-7-19/h3-11,13H,12H2,1-2H3. The van der Waals surface area contributed by atoms with Crippen molar-refractivity contribution in [3.8, 4) is 0 Å². The molecule has 31 heavy (non-hydrogen) atoms. The molecule has 156 valence electrons. The molecule has 0 aliphatic rings. The monoisotopic (exact) mass is 435 g/mol. The number of fused-ring (bicyclic) bond motifs is 1. The lowest BCUT2D eigenvalue weighted by Gasteiger charge is -2.17. The van der Waals surface area contributed by atoms with Gasteiger partial charge >= 0.3 is 5.97 Å². The second-order valence-electron chi connectivity index (χ2n) is 6.85. The van der Waals surface area contributed by atoms with Gasteiger partial charge < -0.3 is 4.74 Å². The van der Waals surface area contributed by atoms with Crippen molar-refractivity contribution >= 4 is 44.9 Å². The van der Waals surface area contributed by atoms with Crippen LogP contribution in [0, 0.1) is 12.7 Å². The fourth-order valence-corrected chi connectivity index (χ4v) is 4.00. The summed E-state index contributed by atoms with van der Waals surface area (Å²) in [5.41, 5.74) is 2.48. The maximum absolute atomic E-state index is 13.4. The van der Waals surface area contributed by atoms with Gasteiger partial charge in [-0.2, -0.15) is 0 Å². The van der Waals surface area contributed by atoms with Gasteiger partial charge in [0.05, 0.1) is 28.2 Å². The molecule has 0 radical (unpaired) electrons. The number of carbonyl (C=O) groups excluding carboxylic acids is 2. The highest BCUT2D eigenvalue weighted by Gasteiger charge is 2.19. The zero-order valence-electron chi connectivity index (χ0n) is 16.8. The van der Waals surface area contributed by atoms with Crippen LogP contribution >= 0.6 is 11.3 Å². The van der Waals surface area contributed by atoms with Crippen LogP contribution in [0.15, 0.2) is 60.0 Å². The van der Waals surface area contributed by atoms with E-state index in [9.17, 15) is 14.0 Å². The predicted octanol–water partition coefficient (Wildman–Crippen LogP) is 5.18. The SMILES string of the molecule is CC(=O)N(c1ccccc1)c1nc(COC(=O)c2cc3ccc(F)cc3nc2C)cs1. The average molecular weight is 435 g/mol. The lowest BCUT2D eigenvalue weighted by molar-refractivity contribution is -0.115. The van der Waals surface area contributed by atoms with Crippen LogP contribution in [-0.2, 0) is 16.1 Å². The molecule has 0 N–H and O–H groups in total. The van der Waals surface area contributed by atoms with Gasteiger partial charge in [-0.15, -0.1) is 11.3 Å². The number of nitrogens with zero attached hydrogens (tertiary/aromatic N) is 3. The minimum absolute atomic E-state index is 0.0449. The number of ether oxygens (including phenoxy) is 1. The first-order valence-electron chi connectivity index (χ1n) is 9.46. The quantitative estimate of drug-likeness (QED) is 0.404. The Morgan fingerprint density at radius 2 is 1.87 bits per heavy atom. The summed E-state index contributed by atoms with van der Waals surface area (Å²) in [6.45, 7) is 3.10. The number of benzene rings is 2. The molecule has 0 fully saturated rings. The van der Waals surface area contributed by atoms with E-state index in [1.54, 1.807) is 24.4 Å². The van der Waals surface area contributed by atoms with Gasteiger partial charge in [0.1, 0.15) is 12.4 Å². The summed E-state index contributed by atoms with van der Waals surface area (Å²) in [4.78, 5) is 35.0. The number of pyridine rings is 1. The summed E-state index contributed by atoms with van der Waals surface area (Å²) < 4.78 is 18.8. The summed E-state index contributed by atoms with van der Waals surface area (Å²) in [5.74, 6) is -1.10. The van der Waals surface area contributed by atoms with Crippen LogP contribution < -0.4 is 4.90 Å². The molecular weight excluding hydrogens is 417 g/mol. The summed E-state index contributed by atoms with van der Waals surface area (Å²) in [6.07, 6.45) is 0. The van der Waals surface area contributed by atoms with E-state index >= 15 is 0 Å². The first-order valence-corrected chi connectivity index (χ1v) is 10.3. The maximum Gasteiger partial charge on any atom is 0.340 e. The Kier molecular flexibility index (Phi) is 5.73. The van der Waals surface area contributed by atoms with Crippen molar-refractivity contribution in [3.63, 3.8) is 0 Å². The molecule has 0 bridgehead atoms. The Labute approximate surface area is 181 Å². The molecule has 8 heteroatoms. The lowest BCUT2D eigenvalue weighted by atomic mass is 10.1. The van der Waals surface area contributed by atoms with Gasteiger partial charge in [-0.1, -0.05) is 18.2 Å². The number of aromatic nitrogens is 2. The number of hydrogen-bond acceptors (Lipinski definition) is 6. The predicted molar refractivity (Wildman–Crippen MR) is 117 cm³/mol. The first-order chi connectivity index (χ1) is 14.9. The summed E-state index contributed by atoms with van der Waals surface area (Å²) in [7, 11) is 0. The third-order valence-electron chi connectivity index (χ3n) is 4.60. The van der Waals surface area contributed by atoms with Gasteiger partial charge in [-0.3, -0.25) is 14.7 Å². The highest BCUT2D eigenvalue weighted by atomic mass is 32.1. The number of aryl methyl sites for hydroxylation is 1. The first kappa shape index (κ1) is 20.6. The van der Waals surface area contributed by atoms with Crippen LogP contribution in [0.4, 0.5) is 15.2 Å². The van der Waals surface area contributed by atoms with Crippen molar-refractivity contribution in [2.75, 3.05) is 4.90 Å². The van der Waals surface area contributed by atoms with Crippen LogP contribution in [0.2, 0.25) is 0 Å². The van der Waals surface area contributed by atoms with E-state index in [0.29, 0.717) is 38.7 Å². The summed E-state index contributed by atoms with van der Waals surface area (Å²) >= 11 is 1.29. The van der Waals surface area contributed by atoms with Crippen LogP contribution in [-0.4, -0.2) is 21.8 Å². The number of rotatable bonds is 5. The molecule has 4 aromatic rings. The second kappa shape index (κ2) is 8.61. The van der Waals surface area contributed by atoms with Gasteiger partial charge in [0.15, 0.2) is 5.13 Å². The summed E-state index contributed by atoms with van der Waals surface area (Å²) in [5, 5.41) is 2.89. The van der Waals surface area contributed by atoms with Crippen LogP contribution in [0.25, 0.3) is 10.9 Å². The van der Waals surface area contributed by atoms with E-state index in [-0.39, 0.29) is 18.3 Å². The van der Waals surface area contributed by atoms with E-state index < -0.39 is 5.97 Å². The smallest absolute Gasteiger partial charge is 0.340 e. The van der Waals surface area contributed by atoms with E-state index in [1.807, 2.05) is 30.3 Å². The molecule has 4 rings (SSSR count). The molecule has 0 unspecified atom stereocenters. The summed E-state index contributed by atoms with van der Waals surface area (Å²) in [6, 6.07) is 15.0. The highest BCUT2D eigenvalue weighted by Crippen LogP contribution is 2.29. The zero-order chi connectivity index (χ0) is 22.0. The number of amides is 1. The molecule has 2 aromatic heterocycles. The van der Waals surface area contributed by atoms with Crippen molar-refractivity contribution in [2.45, 2.75) is 20.5 Å². The van der Waals surface area contributed by atoms with Crippen molar-refractivity contribution in [3.05, 3.63) is 82.7 Å². The Morgan fingerprint density at radius 3 is 2.61 bits per heavy atom. The third kappa shape index (κ3) is 4.44. The van der Waals surface area contributed by atoms with Crippen LogP contribution in [0.1, 0.15) is 28.7 Å². The van der Waals surface area contributed by atoms with E-state index in [1.165, 1.54) is 35.3 Å². The molecule has 0 aliphatic carbocycles. The number of carbonyl (C=O) groups is 2. The number of halogens is 1. The molecule has 0 saturated heterocycles. The fraction of sp³-hybridized carbons (Fsp3) is 0.130. The zero-order valence-corrected chi connectivity index (χ0v) is 17.6. The van der Waals surface area contributed by atoms with Crippen molar-refractivity contribution in [2.24, 2.45) is 0 Å². The van der Waals surface area contributed by atoms with Gasteiger partial charge in [0, 0.05) is 23.8 Å². The molecule has 1 amide bonds. The van der Waals surface area contributed by atoms with E-state index in [4.69, 9.17) is 4.74 Å². The Balaban J connectivity index is 1.50. The van der Waals surface area contributed by atoms with Crippen molar-refractivity contribution in [1.82, 2.24) is 9.97 Å². The molecule has 0 saturated carbocycles. The van der Waals surface area contributed by atoms with Gasteiger partial charge in [0.25, 0.3) is 0 Å². The minimum atomic E-state index is -0.544. The topological polar surface area (TPSA) is 72.4 Å². The van der Waals surface area contributed by atoms with Gasteiger partial charge in [-0.05, 0) is 37.3 Å². The molecule has 0 aliphatic heterocycles. The highest BCUT2D eigenvalue weighted by molar-refractivity contribution is 7.14. The fourth-order valence-electron chi connectivity index (χ4n) is 3.13. The third-order valence-corrected chi connectivity index (χ3v) is 5.48. The maximum atomic E-state index is 13.4. The molecule has 0 atom stereocenters. The number of anilines is 2. The molecule has 6 nitrogen and oxygen atoms in total. The number of hydrogen-bond donors (Lipinski definition) is 0. The Morgan fingerprint density at radius 1 is 1.10 bits per heavy atom. The largest absolute Gasteiger partial charge is 0.455 e. The van der Waals surface area contributed by atoms with Crippen molar-refractivity contribution in [1.29, 1.82) is 0 Å². The molecule has 2 heterocycles. The Bertz CT molecular complexity index is 1270. The number of para-hydroxylation sites is 1. The van der Waals surface area contributed by atoms with E-state index in [0.717, 1.165) is 0 Å². The van der Waals surface area contributed by atoms with Crippen LogP contribution in [0.5, 0.6) is 0 Å². The lowest BCUT2D eigenvalue weighted by Crippen LogP contribution is -2.22. The normalized spacial score (nSPS) is 10.8. The van der Waals surface area contributed by atoms with Crippen LogP contribution in [0.3, 0.4) is 0 Å². The number of thiazole rings is 1. The van der Waals surface area contributed by atoms with Gasteiger partial charge in [0.2, 0.25) is 5.91 Å². The van der Waals surface area contributed by atoms with Crippen molar-refractivity contribution < 1.29 is 18.7 Å². The van der Waals surface area contributed by atoms with E-state index in [2.05, 4.69) is 9.97 Å². The second-order valence-corrected chi connectivity index (χ2v) is 7.68. The molecular formula is C23H18FN3O3S.